The van der Waals surface area contributed by atoms with Crippen LogP contribution in [0.3, 0.4) is 0 Å². The monoisotopic (exact) mass is 253 g/mol. The first-order chi connectivity index (χ1) is 8.70. The summed E-state index contributed by atoms with van der Waals surface area (Å²) in [6.45, 7) is 6.72. The maximum absolute atomic E-state index is 11.7. The summed E-state index contributed by atoms with van der Waals surface area (Å²) in [5, 5.41) is 0. The van der Waals surface area contributed by atoms with Crippen LogP contribution in [0.5, 0.6) is 0 Å². The molecule has 2 atom stereocenters. The molecule has 0 aromatic carbocycles. The summed E-state index contributed by atoms with van der Waals surface area (Å²) in [6.07, 6.45) is 6.44. The van der Waals surface area contributed by atoms with Crippen molar-refractivity contribution in [2.75, 3.05) is 32.7 Å². The third-order valence-electron chi connectivity index (χ3n) is 4.48. The number of likely N-dealkylation sites (tertiary alicyclic amines) is 2. The Morgan fingerprint density at radius 2 is 2.06 bits per heavy atom. The lowest BCUT2D eigenvalue weighted by Crippen LogP contribution is -2.48. The van der Waals surface area contributed by atoms with E-state index < -0.39 is 0 Å². The molecule has 2 fully saturated rings. The third kappa shape index (κ3) is 3.45. The van der Waals surface area contributed by atoms with E-state index in [1.807, 2.05) is 4.90 Å². The van der Waals surface area contributed by atoms with E-state index in [0.717, 1.165) is 32.1 Å². The van der Waals surface area contributed by atoms with Crippen molar-refractivity contribution in [1.82, 2.24) is 9.80 Å². The first-order valence-corrected chi connectivity index (χ1v) is 7.42. The molecule has 104 valence electrons. The molecule has 2 heterocycles. The average molecular weight is 253 g/mol. The molecule has 0 spiro atoms. The second-order valence-corrected chi connectivity index (χ2v) is 5.89. The Balaban J connectivity index is 1.83. The Morgan fingerprint density at radius 3 is 2.78 bits per heavy atom. The van der Waals surface area contributed by atoms with Gasteiger partial charge in [-0.05, 0) is 45.1 Å². The Morgan fingerprint density at radius 1 is 1.22 bits per heavy atom. The van der Waals surface area contributed by atoms with Crippen LogP contribution in [-0.2, 0) is 4.79 Å². The molecule has 2 aliphatic heterocycles. The summed E-state index contributed by atoms with van der Waals surface area (Å²) in [5.41, 5.74) is 5.45. The molecule has 4 nitrogen and oxygen atoms in total. The van der Waals surface area contributed by atoms with Crippen LogP contribution < -0.4 is 5.73 Å². The number of rotatable bonds is 3. The van der Waals surface area contributed by atoms with Gasteiger partial charge in [-0.15, -0.1) is 0 Å². The van der Waals surface area contributed by atoms with Gasteiger partial charge < -0.3 is 15.5 Å². The molecule has 0 saturated carbocycles. The van der Waals surface area contributed by atoms with E-state index in [-0.39, 0.29) is 12.5 Å². The fraction of sp³-hybridized carbons (Fsp3) is 0.929. The van der Waals surface area contributed by atoms with E-state index in [9.17, 15) is 4.79 Å². The molecule has 1 amide bonds. The normalized spacial score (nSPS) is 30.4. The number of nitrogens with two attached hydrogens (primary N) is 1. The molecule has 0 radical (unpaired) electrons. The Hall–Kier alpha value is -0.610. The second-order valence-electron chi connectivity index (χ2n) is 5.89. The zero-order valence-corrected chi connectivity index (χ0v) is 11.6. The van der Waals surface area contributed by atoms with E-state index >= 15 is 0 Å². The third-order valence-corrected chi connectivity index (χ3v) is 4.48. The highest BCUT2D eigenvalue weighted by Crippen LogP contribution is 2.22. The molecular weight excluding hydrogens is 226 g/mol. The number of carbonyl (C=O) groups is 1. The molecule has 0 aromatic rings. The molecular formula is C14H27N3O. The van der Waals surface area contributed by atoms with Crippen LogP contribution >= 0.6 is 0 Å². The number of hydrogen-bond donors (Lipinski definition) is 1. The van der Waals surface area contributed by atoms with Gasteiger partial charge in [-0.1, -0.05) is 6.42 Å². The predicted molar refractivity (Wildman–Crippen MR) is 73.2 cm³/mol. The summed E-state index contributed by atoms with van der Waals surface area (Å²) in [7, 11) is 0. The van der Waals surface area contributed by atoms with Gasteiger partial charge in [0.05, 0.1) is 6.54 Å². The molecule has 0 aliphatic carbocycles. The molecule has 18 heavy (non-hydrogen) atoms. The van der Waals surface area contributed by atoms with Crippen LogP contribution in [0.2, 0.25) is 0 Å². The van der Waals surface area contributed by atoms with Crippen LogP contribution in [0, 0.1) is 5.92 Å². The van der Waals surface area contributed by atoms with Gasteiger partial charge in [-0.25, -0.2) is 0 Å². The minimum absolute atomic E-state index is 0.117. The van der Waals surface area contributed by atoms with Crippen LogP contribution in [0.1, 0.15) is 39.0 Å². The molecule has 2 N–H and O–H groups in total. The summed E-state index contributed by atoms with van der Waals surface area (Å²) < 4.78 is 0. The summed E-state index contributed by atoms with van der Waals surface area (Å²) in [4.78, 5) is 16.2. The molecule has 0 unspecified atom stereocenters. The smallest absolute Gasteiger partial charge is 0.236 e. The molecule has 4 heteroatoms. The van der Waals surface area contributed by atoms with Crippen molar-refractivity contribution in [3.05, 3.63) is 0 Å². The van der Waals surface area contributed by atoms with E-state index in [1.165, 1.54) is 32.2 Å². The van der Waals surface area contributed by atoms with Gasteiger partial charge in [0.25, 0.3) is 0 Å². The maximum atomic E-state index is 11.7. The Kier molecular flexibility index (Phi) is 5.01. The van der Waals surface area contributed by atoms with Crippen LogP contribution in [0.25, 0.3) is 0 Å². The molecule has 2 rings (SSSR count). The van der Waals surface area contributed by atoms with Crippen LogP contribution in [-0.4, -0.2) is 54.5 Å². The maximum Gasteiger partial charge on any atom is 0.236 e. The van der Waals surface area contributed by atoms with Gasteiger partial charge in [0.1, 0.15) is 0 Å². The van der Waals surface area contributed by atoms with E-state index in [2.05, 4.69) is 11.8 Å². The lowest BCUT2D eigenvalue weighted by atomic mass is 9.94. The van der Waals surface area contributed by atoms with E-state index in [4.69, 9.17) is 5.73 Å². The van der Waals surface area contributed by atoms with Crippen molar-refractivity contribution in [1.29, 1.82) is 0 Å². The topological polar surface area (TPSA) is 49.6 Å². The summed E-state index contributed by atoms with van der Waals surface area (Å²) in [6, 6.07) is 0.722. The molecule has 2 aliphatic rings. The standard InChI is InChI=1S/C14H27N3O/c1-12-5-2-3-7-16(12)10-13-6-4-8-17(11-13)14(18)9-15/h12-13H,2-11,15H2,1H3/t12-,13-/m1/s1. The lowest BCUT2D eigenvalue weighted by molar-refractivity contribution is -0.131. The molecule has 2 saturated heterocycles. The quantitative estimate of drug-likeness (QED) is 0.818. The van der Waals surface area contributed by atoms with Gasteiger partial charge in [-0.2, -0.15) is 0 Å². The highest BCUT2D eigenvalue weighted by molar-refractivity contribution is 5.78. The number of piperidine rings is 2. The Bertz CT molecular complexity index is 282. The largest absolute Gasteiger partial charge is 0.341 e. The van der Waals surface area contributed by atoms with Crippen molar-refractivity contribution >= 4 is 5.91 Å². The predicted octanol–water partition coefficient (Wildman–Crippen LogP) is 1.06. The minimum atomic E-state index is 0.117. The Labute approximate surface area is 110 Å². The SMILES string of the molecule is C[C@@H]1CCCCN1C[C@H]1CCCN(C(=O)CN)C1. The van der Waals surface area contributed by atoms with E-state index in [0.29, 0.717) is 5.92 Å². The summed E-state index contributed by atoms with van der Waals surface area (Å²) in [5.74, 6) is 0.765. The number of amides is 1. The summed E-state index contributed by atoms with van der Waals surface area (Å²) >= 11 is 0. The minimum Gasteiger partial charge on any atom is -0.341 e. The van der Waals surface area contributed by atoms with Gasteiger partial charge in [0.15, 0.2) is 0 Å². The van der Waals surface area contributed by atoms with Crippen molar-refractivity contribution in [3.8, 4) is 0 Å². The fourth-order valence-electron chi connectivity index (χ4n) is 3.33. The number of hydrogen-bond acceptors (Lipinski definition) is 3. The molecule has 0 aromatic heterocycles. The van der Waals surface area contributed by atoms with E-state index in [1.54, 1.807) is 0 Å². The fourth-order valence-corrected chi connectivity index (χ4v) is 3.33. The average Bonchev–Trinajstić information content (AvgIpc) is 2.41. The highest BCUT2D eigenvalue weighted by atomic mass is 16.2. The van der Waals surface area contributed by atoms with Crippen LogP contribution in [0.4, 0.5) is 0 Å². The zero-order valence-electron chi connectivity index (χ0n) is 11.6. The first-order valence-electron chi connectivity index (χ1n) is 7.42. The second kappa shape index (κ2) is 6.53. The highest BCUT2D eigenvalue weighted by Gasteiger charge is 2.26. The van der Waals surface area contributed by atoms with Crippen molar-refractivity contribution in [3.63, 3.8) is 0 Å². The number of carbonyl (C=O) groups excluding carboxylic acids is 1. The van der Waals surface area contributed by atoms with Gasteiger partial charge in [0.2, 0.25) is 5.91 Å². The van der Waals surface area contributed by atoms with Crippen LogP contribution in [0.15, 0.2) is 0 Å². The first kappa shape index (κ1) is 13.8. The zero-order chi connectivity index (χ0) is 13.0. The van der Waals surface area contributed by atoms with Crippen molar-refractivity contribution in [2.24, 2.45) is 11.7 Å². The van der Waals surface area contributed by atoms with Gasteiger partial charge in [-0.3, -0.25) is 4.79 Å². The van der Waals surface area contributed by atoms with Crippen molar-refractivity contribution < 1.29 is 4.79 Å². The van der Waals surface area contributed by atoms with Gasteiger partial charge >= 0.3 is 0 Å². The number of nitrogens with zero attached hydrogens (tertiary/aromatic N) is 2. The molecule has 0 bridgehead atoms. The lowest BCUT2D eigenvalue weighted by Gasteiger charge is -2.39. The van der Waals surface area contributed by atoms with Gasteiger partial charge in [0, 0.05) is 25.7 Å². The van der Waals surface area contributed by atoms with Crippen molar-refractivity contribution in [2.45, 2.75) is 45.1 Å².